The van der Waals surface area contributed by atoms with E-state index in [1.54, 1.807) is 0 Å². The average Bonchev–Trinajstić information content (AvgIpc) is 3.14. The van der Waals surface area contributed by atoms with Gasteiger partial charge in [-0.15, -0.1) is 0 Å². The molecule has 0 radical (unpaired) electrons. The molecule has 3 aromatic heterocycles. The number of H-pyrrole nitrogens is 1. The van der Waals surface area contributed by atoms with Crippen LogP contribution in [0.2, 0.25) is 0 Å². The lowest BCUT2D eigenvalue weighted by molar-refractivity contribution is -0.141. The molecule has 2 bridgehead atoms. The zero-order valence-electron chi connectivity index (χ0n) is 16.2. The molecule has 3 saturated carbocycles. The Labute approximate surface area is 171 Å². The number of halogens is 2. The molecule has 0 saturated heterocycles. The first-order valence-corrected chi connectivity index (χ1v) is 10.2. The summed E-state index contributed by atoms with van der Waals surface area (Å²) in [7, 11) is 0. The number of hydrogen-bond donors (Lipinski definition) is 2. The third-order valence-electron chi connectivity index (χ3n) is 6.83. The van der Waals surface area contributed by atoms with Crippen LogP contribution >= 0.6 is 0 Å². The normalized spacial score (nSPS) is 25.7. The van der Waals surface area contributed by atoms with Crippen molar-refractivity contribution in [3.05, 3.63) is 35.8 Å². The lowest BCUT2D eigenvalue weighted by atomic mass is 9.57. The maximum Gasteiger partial charge on any atom is 0.303 e. The number of aliphatic carboxylic acids is 1. The number of carboxylic acids is 1. The average molecular weight is 413 g/mol. The minimum atomic E-state index is -0.806. The highest BCUT2D eigenvalue weighted by atomic mass is 19.1. The topological polar surface area (TPSA) is 105 Å². The van der Waals surface area contributed by atoms with Gasteiger partial charge in [-0.1, -0.05) is 0 Å². The number of pyridine rings is 1. The van der Waals surface area contributed by atoms with Crippen molar-refractivity contribution in [1.29, 1.82) is 0 Å². The van der Waals surface area contributed by atoms with Crippen molar-refractivity contribution in [2.24, 2.45) is 23.7 Å². The summed E-state index contributed by atoms with van der Waals surface area (Å²) in [4.78, 5) is 23.8. The van der Waals surface area contributed by atoms with Crippen molar-refractivity contribution in [2.45, 2.75) is 38.5 Å². The molecule has 3 aromatic rings. The van der Waals surface area contributed by atoms with Gasteiger partial charge in [0.1, 0.15) is 11.5 Å². The van der Waals surface area contributed by atoms with Crippen LogP contribution in [0.3, 0.4) is 0 Å². The third-order valence-corrected chi connectivity index (χ3v) is 6.83. The van der Waals surface area contributed by atoms with Crippen LogP contribution < -0.4 is 0 Å². The van der Waals surface area contributed by atoms with Crippen molar-refractivity contribution in [3.8, 4) is 11.5 Å². The number of rotatable bonds is 5. The van der Waals surface area contributed by atoms with Crippen molar-refractivity contribution >= 4 is 17.0 Å². The second-order valence-corrected chi connectivity index (χ2v) is 8.42. The molecule has 30 heavy (non-hydrogen) atoms. The predicted molar refractivity (Wildman–Crippen MR) is 103 cm³/mol. The first-order chi connectivity index (χ1) is 14.5. The Kier molecular flexibility index (Phi) is 4.67. The predicted octanol–water partition coefficient (Wildman–Crippen LogP) is 3.76. The molecule has 3 heterocycles. The minimum Gasteiger partial charge on any atom is -0.481 e. The zero-order chi connectivity index (χ0) is 20.8. The number of fused-ring (bicyclic) bond motifs is 4. The second-order valence-electron chi connectivity index (χ2n) is 8.42. The number of nitrogens with one attached hydrogen (secondary N) is 1. The van der Waals surface area contributed by atoms with Crippen LogP contribution in [0.25, 0.3) is 22.6 Å². The fourth-order valence-corrected chi connectivity index (χ4v) is 5.47. The van der Waals surface area contributed by atoms with Gasteiger partial charge in [0.15, 0.2) is 17.3 Å². The largest absolute Gasteiger partial charge is 0.481 e. The van der Waals surface area contributed by atoms with Crippen LogP contribution in [-0.2, 0) is 11.2 Å². The molecule has 2 N–H and O–H groups in total. The standard InChI is InChI=1S/C21H21F2N5O2/c22-12-5-15-19(27-28-20(15)24-8-12)21-25-9-16(23)17(26-21)6-13-10-1-3-11(4-2-10)14(13)7-18(29)30/h5,8-11,13-14H,1-4,6-7H2,(H,29,30)(H,24,27,28)/t10?,11?,13-,14-/m1/s1. The fraction of sp³-hybridized carbons (Fsp3) is 0.476. The lowest BCUT2D eigenvalue weighted by Gasteiger charge is -2.48. The first kappa shape index (κ1) is 19.0. The Morgan fingerprint density at radius 2 is 1.83 bits per heavy atom. The van der Waals surface area contributed by atoms with E-state index in [2.05, 4.69) is 25.1 Å². The van der Waals surface area contributed by atoms with Crippen LogP contribution in [-0.4, -0.2) is 36.2 Å². The smallest absolute Gasteiger partial charge is 0.303 e. The number of aromatic nitrogens is 5. The highest BCUT2D eigenvalue weighted by Crippen LogP contribution is 2.51. The molecule has 0 unspecified atom stereocenters. The fourth-order valence-electron chi connectivity index (χ4n) is 5.47. The summed E-state index contributed by atoms with van der Waals surface area (Å²) in [5.74, 6) is -0.710. The number of carbonyl (C=O) groups is 1. The zero-order valence-corrected chi connectivity index (χ0v) is 16.2. The molecule has 3 fully saturated rings. The number of aromatic amines is 1. The number of nitrogens with zero attached hydrogens (tertiary/aromatic N) is 4. The monoisotopic (exact) mass is 413 g/mol. The number of hydrogen-bond acceptors (Lipinski definition) is 5. The third kappa shape index (κ3) is 3.32. The first-order valence-electron chi connectivity index (χ1n) is 10.2. The molecule has 7 nitrogen and oxygen atoms in total. The summed E-state index contributed by atoms with van der Waals surface area (Å²) in [5.41, 5.74) is 0.970. The molecule has 156 valence electrons. The Morgan fingerprint density at radius 3 is 2.57 bits per heavy atom. The molecule has 0 spiro atoms. The molecular weight excluding hydrogens is 392 g/mol. The Morgan fingerprint density at radius 1 is 1.10 bits per heavy atom. The maximum absolute atomic E-state index is 14.6. The Bertz CT molecular complexity index is 1110. The molecule has 3 aliphatic rings. The van der Waals surface area contributed by atoms with Crippen LogP contribution in [0.4, 0.5) is 8.78 Å². The van der Waals surface area contributed by atoms with Gasteiger partial charge in [-0.25, -0.2) is 23.7 Å². The van der Waals surface area contributed by atoms with E-state index in [0.717, 1.165) is 38.1 Å². The van der Waals surface area contributed by atoms with Crippen LogP contribution in [0.15, 0.2) is 18.5 Å². The summed E-state index contributed by atoms with van der Waals surface area (Å²) < 4.78 is 28.3. The van der Waals surface area contributed by atoms with Gasteiger partial charge < -0.3 is 5.11 Å². The number of carboxylic acid groups (broad SMARTS) is 1. The van der Waals surface area contributed by atoms with E-state index in [1.165, 1.54) is 6.07 Å². The highest BCUT2D eigenvalue weighted by molar-refractivity contribution is 5.88. The molecular formula is C21H21F2N5O2. The molecule has 0 aromatic carbocycles. The summed E-state index contributed by atoms with van der Waals surface area (Å²) in [6, 6.07) is 1.29. The van der Waals surface area contributed by atoms with Gasteiger partial charge in [-0.05, 0) is 61.8 Å². The van der Waals surface area contributed by atoms with Gasteiger partial charge in [0.2, 0.25) is 0 Å². The molecule has 0 aliphatic heterocycles. The van der Waals surface area contributed by atoms with Crippen LogP contribution in [0.5, 0.6) is 0 Å². The summed E-state index contributed by atoms with van der Waals surface area (Å²) in [5, 5.41) is 16.6. The van der Waals surface area contributed by atoms with Gasteiger partial charge in [0.25, 0.3) is 0 Å². The Balaban J connectivity index is 1.49. The summed E-state index contributed by atoms with van der Waals surface area (Å²) in [6.07, 6.45) is 6.89. The van der Waals surface area contributed by atoms with Gasteiger partial charge in [-0.2, -0.15) is 5.10 Å². The Hall–Kier alpha value is -2.97. The van der Waals surface area contributed by atoms with Gasteiger partial charge >= 0.3 is 5.97 Å². The molecule has 9 heteroatoms. The van der Waals surface area contributed by atoms with Crippen LogP contribution in [0, 0.1) is 35.3 Å². The molecule has 0 amide bonds. The molecule has 2 atom stereocenters. The minimum absolute atomic E-state index is 0.0408. The quantitative estimate of drug-likeness (QED) is 0.660. The van der Waals surface area contributed by atoms with Crippen molar-refractivity contribution in [1.82, 2.24) is 25.1 Å². The highest BCUT2D eigenvalue weighted by Gasteiger charge is 2.44. The lowest BCUT2D eigenvalue weighted by Crippen LogP contribution is -2.42. The molecule has 3 aliphatic carbocycles. The molecule has 6 rings (SSSR count). The van der Waals surface area contributed by atoms with Gasteiger partial charge in [0.05, 0.1) is 23.5 Å². The van der Waals surface area contributed by atoms with Crippen molar-refractivity contribution in [2.75, 3.05) is 0 Å². The van der Waals surface area contributed by atoms with E-state index >= 15 is 0 Å². The maximum atomic E-state index is 14.6. The summed E-state index contributed by atoms with van der Waals surface area (Å²) >= 11 is 0. The van der Waals surface area contributed by atoms with E-state index in [0.29, 0.717) is 35.0 Å². The van der Waals surface area contributed by atoms with Crippen molar-refractivity contribution < 1.29 is 18.7 Å². The van der Waals surface area contributed by atoms with Crippen LogP contribution in [0.1, 0.15) is 37.8 Å². The SMILES string of the molecule is O=C(O)C[C@@H]1C2CCC(CC2)[C@H]1Cc1nc(-c2[nH]nc3ncc(F)cc23)ncc1F. The van der Waals surface area contributed by atoms with Gasteiger partial charge in [-0.3, -0.25) is 9.89 Å². The second kappa shape index (κ2) is 7.37. The van der Waals surface area contributed by atoms with E-state index in [4.69, 9.17) is 0 Å². The van der Waals surface area contributed by atoms with Crippen molar-refractivity contribution in [3.63, 3.8) is 0 Å². The van der Waals surface area contributed by atoms with E-state index in [9.17, 15) is 18.7 Å². The summed E-state index contributed by atoms with van der Waals surface area (Å²) in [6.45, 7) is 0. The van der Waals surface area contributed by atoms with E-state index < -0.39 is 17.6 Å². The van der Waals surface area contributed by atoms with E-state index in [1.807, 2.05) is 0 Å². The van der Waals surface area contributed by atoms with Gasteiger partial charge in [0, 0.05) is 6.42 Å². The van der Waals surface area contributed by atoms with E-state index in [-0.39, 0.29) is 29.8 Å².